The van der Waals surface area contributed by atoms with Crippen molar-refractivity contribution >= 4 is 39.1 Å². The van der Waals surface area contributed by atoms with Crippen LogP contribution in [0.3, 0.4) is 0 Å². The smallest absolute Gasteiger partial charge is 0.244 e. The van der Waals surface area contributed by atoms with E-state index in [1.165, 1.54) is 4.90 Å². The van der Waals surface area contributed by atoms with Crippen LogP contribution in [0.1, 0.15) is 48.8 Å². The van der Waals surface area contributed by atoms with E-state index >= 15 is 0 Å². The van der Waals surface area contributed by atoms with E-state index in [1.807, 2.05) is 60.7 Å². The second-order valence-corrected chi connectivity index (χ2v) is 13.1. The fraction of sp³-hybridized carbons (Fsp3) is 0.375. The van der Waals surface area contributed by atoms with Gasteiger partial charge in [-0.2, -0.15) is 0 Å². The van der Waals surface area contributed by atoms with Crippen LogP contribution in [0.5, 0.6) is 0 Å². The molecule has 9 heteroatoms. The summed E-state index contributed by atoms with van der Waals surface area (Å²) < 4.78 is 27.1. The van der Waals surface area contributed by atoms with Crippen molar-refractivity contribution in [3.63, 3.8) is 0 Å². The quantitative estimate of drug-likeness (QED) is 0.317. The molecule has 0 aliphatic heterocycles. The highest BCUT2D eigenvalue weighted by Crippen LogP contribution is 2.27. The molecular formula is C32H38ClN3O4S. The van der Waals surface area contributed by atoms with Crippen LogP contribution in [-0.2, 0) is 32.6 Å². The molecule has 1 saturated carbocycles. The molecule has 3 aromatic rings. The van der Waals surface area contributed by atoms with Crippen LogP contribution >= 0.6 is 11.6 Å². The number of halogens is 1. The normalized spacial score (nSPS) is 14.7. The third kappa shape index (κ3) is 8.57. The highest BCUT2D eigenvalue weighted by Gasteiger charge is 2.34. The summed E-state index contributed by atoms with van der Waals surface area (Å²) in [7, 11) is -3.86. The van der Waals surface area contributed by atoms with E-state index in [2.05, 4.69) is 5.32 Å². The second kappa shape index (κ2) is 14.0. The Hall–Kier alpha value is -3.36. The summed E-state index contributed by atoms with van der Waals surface area (Å²) in [5, 5.41) is 3.57. The van der Waals surface area contributed by atoms with Gasteiger partial charge in [0.25, 0.3) is 0 Å². The van der Waals surface area contributed by atoms with Crippen molar-refractivity contribution in [2.45, 2.75) is 64.1 Å². The Morgan fingerprint density at radius 1 is 0.927 bits per heavy atom. The number of hydrogen-bond donors (Lipinski definition) is 1. The minimum Gasteiger partial charge on any atom is -0.352 e. The molecule has 1 N–H and O–H groups in total. The van der Waals surface area contributed by atoms with E-state index in [9.17, 15) is 18.0 Å². The van der Waals surface area contributed by atoms with Gasteiger partial charge in [-0.3, -0.25) is 13.9 Å². The number of benzene rings is 3. The Morgan fingerprint density at radius 3 is 2.15 bits per heavy atom. The molecular weight excluding hydrogens is 558 g/mol. The first-order chi connectivity index (χ1) is 19.6. The van der Waals surface area contributed by atoms with Gasteiger partial charge in [-0.05, 0) is 48.6 Å². The SMILES string of the molecule is Cc1ccc(Cl)cc1N(CC(=O)N(Cc1ccccc1)[C@H](Cc1ccccc1)C(=O)NC1CCCCC1)S(C)(=O)=O. The number of amides is 2. The van der Waals surface area contributed by atoms with Gasteiger partial charge >= 0.3 is 0 Å². The van der Waals surface area contributed by atoms with Crippen molar-refractivity contribution in [3.05, 3.63) is 101 Å². The van der Waals surface area contributed by atoms with Crippen molar-refractivity contribution in [2.75, 3.05) is 17.1 Å². The van der Waals surface area contributed by atoms with Crippen molar-refractivity contribution in [1.82, 2.24) is 10.2 Å². The third-order valence-corrected chi connectivity index (χ3v) is 8.90. The summed E-state index contributed by atoms with van der Waals surface area (Å²) in [6, 6.07) is 23.2. The van der Waals surface area contributed by atoms with E-state index in [4.69, 9.17) is 11.6 Å². The lowest BCUT2D eigenvalue weighted by atomic mass is 9.94. The van der Waals surface area contributed by atoms with Crippen LogP contribution in [0.15, 0.2) is 78.9 Å². The van der Waals surface area contributed by atoms with Crippen molar-refractivity contribution in [1.29, 1.82) is 0 Å². The molecule has 0 radical (unpaired) electrons. The van der Waals surface area contributed by atoms with Crippen LogP contribution < -0.4 is 9.62 Å². The lowest BCUT2D eigenvalue weighted by Crippen LogP contribution is -2.55. The number of nitrogens with one attached hydrogen (secondary N) is 1. The van der Waals surface area contributed by atoms with Gasteiger partial charge in [-0.1, -0.05) is 97.6 Å². The molecule has 0 heterocycles. The molecule has 3 aromatic carbocycles. The van der Waals surface area contributed by atoms with Crippen LogP contribution in [-0.4, -0.2) is 50.0 Å². The minimum absolute atomic E-state index is 0.0600. The summed E-state index contributed by atoms with van der Waals surface area (Å²) >= 11 is 6.22. The van der Waals surface area contributed by atoms with E-state index in [1.54, 1.807) is 25.1 Å². The highest BCUT2D eigenvalue weighted by atomic mass is 35.5. The molecule has 0 unspecified atom stereocenters. The van der Waals surface area contributed by atoms with Gasteiger partial charge in [-0.25, -0.2) is 8.42 Å². The van der Waals surface area contributed by atoms with Gasteiger partial charge in [0.15, 0.2) is 0 Å². The first-order valence-corrected chi connectivity index (χ1v) is 16.3. The van der Waals surface area contributed by atoms with Gasteiger partial charge in [0.2, 0.25) is 21.8 Å². The lowest BCUT2D eigenvalue weighted by Gasteiger charge is -2.35. The van der Waals surface area contributed by atoms with Crippen molar-refractivity contribution < 1.29 is 18.0 Å². The van der Waals surface area contributed by atoms with Crippen LogP contribution in [0.4, 0.5) is 5.69 Å². The zero-order valence-corrected chi connectivity index (χ0v) is 25.2. The predicted octanol–water partition coefficient (Wildman–Crippen LogP) is 5.50. The van der Waals surface area contributed by atoms with Gasteiger partial charge < -0.3 is 10.2 Å². The van der Waals surface area contributed by atoms with Crippen LogP contribution in [0, 0.1) is 6.92 Å². The number of anilines is 1. The van der Waals surface area contributed by atoms with Crippen LogP contribution in [0.2, 0.25) is 5.02 Å². The fourth-order valence-electron chi connectivity index (χ4n) is 5.32. The number of carbonyl (C=O) groups is 2. The van der Waals surface area contributed by atoms with E-state index in [0.29, 0.717) is 22.7 Å². The average molecular weight is 596 g/mol. The highest BCUT2D eigenvalue weighted by molar-refractivity contribution is 7.92. The Balaban J connectivity index is 1.72. The number of rotatable bonds is 11. The van der Waals surface area contributed by atoms with Crippen molar-refractivity contribution in [3.8, 4) is 0 Å². The maximum Gasteiger partial charge on any atom is 0.244 e. The molecule has 0 aromatic heterocycles. The number of sulfonamides is 1. The molecule has 7 nitrogen and oxygen atoms in total. The summed E-state index contributed by atoms with van der Waals surface area (Å²) in [5.41, 5.74) is 2.75. The van der Waals surface area contributed by atoms with Gasteiger partial charge in [0.1, 0.15) is 12.6 Å². The molecule has 0 spiro atoms. The topological polar surface area (TPSA) is 86.8 Å². The minimum atomic E-state index is -3.86. The zero-order chi connectivity index (χ0) is 29.4. The molecule has 0 saturated heterocycles. The first-order valence-electron chi connectivity index (χ1n) is 14.0. The largest absolute Gasteiger partial charge is 0.352 e. The average Bonchev–Trinajstić information content (AvgIpc) is 2.96. The van der Waals surface area contributed by atoms with Crippen LogP contribution in [0.25, 0.3) is 0 Å². The molecule has 0 bridgehead atoms. The molecule has 218 valence electrons. The number of nitrogens with zero attached hydrogens (tertiary/aromatic N) is 2. The monoisotopic (exact) mass is 595 g/mol. The Bertz CT molecular complexity index is 1430. The maximum atomic E-state index is 14.2. The van der Waals surface area contributed by atoms with Crippen molar-refractivity contribution in [2.24, 2.45) is 0 Å². The molecule has 1 aliphatic rings. The summed E-state index contributed by atoms with van der Waals surface area (Å²) in [4.78, 5) is 29.7. The van der Waals surface area contributed by atoms with E-state index < -0.39 is 28.5 Å². The maximum absolute atomic E-state index is 14.2. The predicted molar refractivity (Wildman–Crippen MR) is 164 cm³/mol. The lowest BCUT2D eigenvalue weighted by molar-refractivity contribution is -0.140. The molecule has 1 fully saturated rings. The number of hydrogen-bond acceptors (Lipinski definition) is 4. The zero-order valence-electron chi connectivity index (χ0n) is 23.6. The van der Waals surface area contributed by atoms with E-state index in [-0.39, 0.29) is 18.5 Å². The summed E-state index contributed by atoms with van der Waals surface area (Å²) in [6.45, 7) is 1.46. The number of carbonyl (C=O) groups excluding carboxylic acids is 2. The second-order valence-electron chi connectivity index (χ2n) is 10.8. The number of aryl methyl sites for hydroxylation is 1. The van der Waals surface area contributed by atoms with Gasteiger partial charge in [0, 0.05) is 24.0 Å². The standard InChI is InChI=1S/C32H38ClN3O4S/c1-24-18-19-27(33)21-29(24)36(41(2,39)40)23-31(37)35(22-26-14-8-4-9-15-26)30(20-25-12-6-3-7-13-25)32(38)34-28-16-10-5-11-17-28/h3-4,6-9,12-15,18-19,21,28,30H,5,10-11,16-17,20,22-23H2,1-2H3,(H,34,38)/t30-/m1/s1. The van der Waals surface area contributed by atoms with Gasteiger partial charge in [-0.15, -0.1) is 0 Å². The Morgan fingerprint density at radius 2 is 1.54 bits per heavy atom. The molecule has 1 atom stereocenters. The molecule has 2 amide bonds. The molecule has 41 heavy (non-hydrogen) atoms. The molecule has 1 aliphatic carbocycles. The Labute approximate surface area is 248 Å². The fourth-order valence-corrected chi connectivity index (χ4v) is 6.39. The molecule has 4 rings (SSSR count). The summed E-state index contributed by atoms with van der Waals surface area (Å²) in [6.07, 6.45) is 6.46. The Kier molecular flexibility index (Phi) is 10.5. The van der Waals surface area contributed by atoms with E-state index in [0.717, 1.165) is 53.8 Å². The first kappa shape index (κ1) is 30.6. The summed E-state index contributed by atoms with van der Waals surface area (Å²) in [5.74, 6) is -0.701. The third-order valence-electron chi connectivity index (χ3n) is 7.54. The van der Waals surface area contributed by atoms with Gasteiger partial charge in [0.05, 0.1) is 11.9 Å².